The summed E-state index contributed by atoms with van der Waals surface area (Å²) in [7, 11) is 0. The molecular formula is C12H9ClN2S. The van der Waals surface area contributed by atoms with Crippen LogP contribution >= 0.6 is 11.6 Å². The molecule has 2 aromatic carbocycles. The Balaban J connectivity index is 2.25. The quantitative estimate of drug-likeness (QED) is 0.868. The summed E-state index contributed by atoms with van der Waals surface area (Å²) in [5.41, 5.74) is 2.53. The molecule has 16 heavy (non-hydrogen) atoms. The normalized spacial score (nSPS) is 9.81. The van der Waals surface area contributed by atoms with Crippen molar-refractivity contribution in [2.24, 2.45) is 4.36 Å². The maximum Gasteiger partial charge on any atom is 0.0785 e. The molecule has 0 bridgehead atoms. The Kier molecular flexibility index (Phi) is 3.49. The first kappa shape index (κ1) is 11.0. The molecule has 0 atom stereocenters. The maximum atomic E-state index is 6.09. The summed E-state index contributed by atoms with van der Waals surface area (Å²) in [5, 5.41) is 3.82. The number of hydrogen-bond acceptors (Lipinski definition) is 3. The Morgan fingerprint density at radius 2 is 1.81 bits per heavy atom. The Morgan fingerprint density at radius 3 is 2.44 bits per heavy atom. The number of benzene rings is 2. The van der Waals surface area contributed by atoms with Crippen molar-refractivity contribution in [2.45, 2.75) is 0 Å². The molecule has 2 nitrogen and oxygen atoms in total. The summed E-state index contributed by atoms with van der Waals surface area (Å²) in [6, 6.07) is 15.3. The van der Waals surface area contributed by atoms with Crippen molar-refractivity contribution in [1.82, 2.24) is 0 Å². The second kappa shape index (κ2) is 5.05. The SMILES string of the molecule is S=Nc1ccc(Nc2ccccc2)c(Cl)c1. The molecule has 0 fully saturated rings. The smallest absolute Gasteiger partial charge is 0.0785 e. The van der Waals surface area contributed by atoms with Crippen LogP contribution in [0.5, 0.6) is 0 Å². The largest absolute Gasteiger partial charge is 0.354 e. The van der Waals surface area contributed by atoms with Crippen molar-refractivity contribution < 1.29 is 0 Å². The van der Waals surface area contributed by atoms with E-state index in [1.54, 1.807) is 6.07 Å². The molecule has 2 rings (SSSR count). The van der Waals surface area contributed by atoms with Crippen molar-refractivity contribution >= 4 is 41.1 Å². The van der Waals surface area contributed by atoms with E-state index in [9.17, 15) is 0 Å². The molecule has 0 aliphatic carbocycles. The van der Waals surface area contributed by atoms with E-state index in [-0.39, 0.29) is 0 Å². The number of rotatable bonds is 3. The number of nitrogens with one attached hydrogen (secondary N) is 1. The third-order valence-corrected chi connectivity index (χ3v) is 2.63. The van der Waals surface area contributed by atoms with Gasteiger partial charge in [0.25, 0.3) is 0 Å². The predicted octanol–water partition coefficient (Wildman–Crippen LogP) is 4.45. The highest BCUT2D eigenvalue weighted by Gasteiger charge is 2.01. The third-order valence-electron chi connectivity index (χ3n) is 2.11. The minimum atomic E-state index is 0.606. The number of nitrogens with zero attached hydrogens (tertiary/aromatic N) is 1. The van der Waals surface area contributed by atoms with Crippen LogP contribution < -0.4 is 5.32 Å². The number of halogens is 1. The lowest BCUT2D eigenvalue weighted by molar-refractivity contribution is 1.52. The standard InChI is InChI=1S/C12H9ClN2S/c13-11-8-10(15-16)6-7-12(11)14-9-4-2-1-3-5-9/h1-8,14H. The summed E-state index contributed by atoms with van der Waals surface area (Å²) in [6.07, 6.45) is 0. The second-order valence-corrected chi connectivity index (χ2v) is 3.84. The zero-order valence-corrected chi connectivity index (χ0v) is 9.92. The Bertz CT molecular complexity index is 500. The van der Waals surface area contributed by atoms with Crippen LogP contribution in [0.25, 0.3) is 0 Å². The minimum absolute atomic E-state index is 0.606. The first-order chi connectivity index (χ1) is 7.79. The highest BCUT2D eigenvalue weighted by atomic mass is 35.5. The van der Waals surface area contributed by atoms with Crippen LogP contribution in [0.15, 0.2) is 52.9 Å². The van der Waals surface area contributed by atoms with Gasteiger partial charge in [0.2, 0.25) is 0 Å². The predicted molar refractivity (Wildman–Crippen MR) is 70.6 cm³/mol. The third kappa shape index (κ3) is 2.56. The molecular weight excluding hydrogens is 240 g/mol. The van der Waals surface area contributed by atoms with Crippen LogP contribution in [0, 0.1) is 0 Å². The van der Waals surface area contributed by atoms with Crippen molar-refractivity contribution in [3.63, 3.8) is 0 Å². The lowest BCUT2D eigenvalue weighted by Gasteiger charge is -2.08. The molecule has 0 aromatic heterocycles. The molecule has 0 amide bonds. The highest BCUT2D eigenvalue weighted by Crippen LogP contribution is 2.29. The zero-order valence-electron chi connectivity index (χ0n) is 8.35. The van der Waals surface area contributed by atoms with Crippen molar-refractivity contribution in [2.75, 3.05) is 5.32 Å². The molecule has 4 heteroatoms. The van der Waals surface area contributed by atoms with E-state index < -0.39 is 0 Å². The fourth-order valence-corrected chi connectivity index (χ4v) is 1.67. The highest BCUT2D eigenvalue weighted by molar-refractivity contribution is 7.47. The summed E-state index contributed by atoms with van der Waals surface area (Å²) in [6.45, 7) is 0. The molecule has 80 valence electrons. The van der Waals surface area contributed by atoms with Crippen LogP contribution in [0.3, 0.4) is 0 Å². The molecule has 0 heterocycles. The maximum absolute atomic E-state index is 6.09. The second-order valence-electron chi connectivity index (χ2n) is 3.25. The van der Waals surface area contributed by atoms with Gasteiger partial charge in [-0.1, -0.05) is 29.8 Å². The number of para-hydroxylation sites is 1. The van der Waals surface area contributed by atoms with Gasteiger partial charge in [0.1, 0.15) is 0 Å². The van der Waals surface area contributed by atoms with Gasteiger partial charge in [-0.25, -0.2) is 0 Å². The monoisotopic (exact) mass is 248 g/mol. The molecule has 0 spiro atoms. The lowest BCUT2D eigenvalue weighted by atomic mass is 10.2. The van der Waals surface area contributed by atoms with Crippen LogP contribution in [0.4, 0.5) is 17.1 Å². The molecule has 2 aromatic rings. The van der Waals surface area contributed by atoms with E-state index >= 15 is 0 Å². The van der Waals surface area contributed by atoms with E-state index in [4.69, 9.17) is 11.6 Å². The average molecular weight is 249 g/mol. The zero-order chi connectivity index (χ0) is 11.4. The molecule has 0 radical (unpaired) electrons. The number of anilines is 2. The van der Waals surface area contributed by atoms with Gasteiger partial charge < -0.3 is 5.32 Å². The van der Waals surface area contributed by atoms with Crippen molar-refractivity contribution in [3.8, 4) is 0 Å². The molecule has 0 saturated carbocycles. The lowest BCUT2D eigenvalue weighted by Crippen LogP contribution is -1.90. The van der Waals surface area contributed by atoms with Gasteiger partial charge in [0.15, 0.2) is 0 Å². The topological polar surface area (TPSA) is 24.4 Å². The molecule has 0 aliphatic rings. The van der Waals surface area contributed by atoms with E-state index in [0.29, 0.717) is 10.7 Å². The van der Waals surface area contributed by atoms with Gasteiger partial charge in [-0.05, 0) is 30.3 Å². The van der Waals surface area contributed by atoms with Crippen LogP contribution in [0.2, 0.25) is 5.02 Å². The Hall–Kier alpha value is -1.45. The van der Waals surface area contributed by atoms with E-state index in [1.807, 2.05) is 42.5 Å². The van der Waals surface area contributed by atoms with E-state index in [0.717, 1.165) is 11.4 Å². The molecule has 0 aliphatic heterocycles. The number of hydrogen-bond donors (Lipinski definition) is 1. The van der Waals surface area contributed by atoms with E-state index in [2.05, 4.69) is 22.1 Å². The summed E-state index contributed by atoms with van der Waals surface area (Å²) in [4.78, 5) is 0. The first-order valence-corrected chi connectivity index (χ1v) is 5.49. The molecule has 0 unspecified atom stereocenters. The minimum Gasteiger partial charge on any atom is -0.354 e. The van der Waals surface area contributed by atoms with Gasteiger partial charge in [-0.3, -0.25) is 0 Å². The first-order valence-electron chi connectivity index (χ1n) is 4.74. The van der Waals surface area contributed by atoms with Gasteiger partial charge in [0, 0.05) is 18.1 Å². The van der Waals surface area contributed by atoms with E-state index in [1.165, 1.54) is 0 Å². The summed E-state index contributed by atoms with van der Waals surface area (Å²) in [5.74, 6) is 0. The van der Waals surface area contributed by atoms with Crippen molar-refractivity contribution in [1.29, 1.82) is 0 Å². The van der Waals surface area contributed by atoms with Gasteiger partial charge >= 0.3 is 0 Å². The van der Waals surface area contributed by atoms with Crippen LogP contribution in [0.1, 0.15) is 0 Å². The Morgan fingerprint density at radius 1 is 1.06 bits per heavy atom. The van der Waals surface area contributed by atoms with Crippen molar-refractivity contribution in [3.05, 3.63) is 53.6 Å². The summed E-state index contributed by atoms with van der Waals surface area (Å²) < 4.78 is 3.65. The molecule has 0 saturated heterocycles. The average Bonchev–Trinajstić information content (AvgIpc) is 2.33. The van der Waals surface area contributed by atoms with Gasteiger partial charge in [-0.2, -0.15) is 4.36 Å². The van der Waals surface area contributed by atoms with Crippen LogP contribution in [-0.4, -0.2) is 0 Å². The van der Waals surface area contributed by atoms with Crippen LogP contribution in [-0.2, 0) is 12.4 Å². The van der Waals surface area contributed by atoms with Gasteiger partial charge in [0.05, 0.1) is 16.4 Å². The fourth-order valence-electron chi connectivity index (χ4n) is 1.34. The summed E-state index contributed by atoms with van der Waals surface area (Å²) >= 11 is 10.7. The van der Waals surface area contributed by atoms with Gasteiger partial charge in [-0.15, -0.1) is 0 Å². The fraction of sp³-hybridized carbons (Fsp3) is 0. The Labute approximate surface area is 104 Å². The molecule has 1 N–H and O–H groups in total.